The number of pyridine rings is 1. The van der Waals surface area contributed by atoms with Gasteiger partial charge in [0.2, 0.25) is 0 Å². The number of amides is 1. The number of primary amides is 1. The summed E-state index contributed by atoms with van der Waals surface area (Å²) in [6.45, 7) is 1.63. The average molecular weight is 315 g/mol. The Hall–Kier alpha value is -2.41. The van der Waals surface area contributed by atoms with E-state index in [1.165, 1.54) is 0 Å². The lowest BCUT2D eigenvalue weighted by Gasteiger charge is -2.35. The molecule has 3 heterocycles. The molecule has 23 heavy (non-hydrogen) atoms. The zero-order valence-corrected chi connectivity index (χ0v) is 13.1. The second-order valence-electron chi connectivity index (χ2n) is 5.93. The topological polar surface area (TPSA) is 97.3 Å². The maximum Gasteiger partial charge on any atom is 0.267 e. The van der Waals surface area contributed by atoms with Crippen molar-refractivity contribution in [3.05, 3.63) is 42.2 Å². The average Bonchev–Trinajstić information content (AvgIpc) is 3.00. The molecule has 0 radical (unpaired) electrons. The molecule has 1 fully saturated rings. The van der Waals surface area contributed by atoms with E-state index in [-0.39, 0.29) is 11.6 Å². The number of carbonyl (C=O) groups is 1. The van der Waals surface area contributed by atoms with Crippen LogP contribution in [-0.2, 0) is 7.05 Å². The fourth-order valence-corrected chi connectivity index (χ4v) is 3.10. The number of aliphatic hydroxyl groups is 1. The standard InChI is InChI=1S/C16H21N5O2/c1-20-9-6-19-16(20)14(22)11-3-7-21(8-4-11)12-2-5-18-13(10-12)15(17)23/h2,5-6,9-11,14,22H,3-4,7-8H2,1H3,(H2,17,23). The second-order valence-corrected chi connectivity index (χ2v) is 5.93. The van der Waals surface area contributed by atoms with E-state index in [0.29, 0.717) is 5.82 Å². The second kappa shape index (κ2) is 6.37. The van der Waals surface area contributed by atoms with Gasteiger partial charge in [0.15, 0.2) is 0 Å². The number of nitrogens with zero attached hydrogens (tertiary/aromatic N) is 4. The van der Waals surface area contributed by atoms with Crippen molar-refractivity contribution in [2.45, 2.75) is 18.9 Å². The molecule has 1 aliphatic rings. The van der Waals surface area contributed by atoms with Gasteiger partial charge < -0.3 is 20.3 Å². The van der Waals surface area contributed by atoms with Crippen LogP contribution in [0.15, 0.2) is 30.7 Å². The van der Waals surface area contributed by atoms with Crippen LogP contribution < -0.4 is 10.6 Å². The SMILES string of the molecule is Cn1ccnc1C(O)C1CCN(c2ccnc(C(N)=O)c2)CC1. The molecule has 1 saturated heterocycles. The van der Waals surface area contributed by atoms with Gasteiger partial charge in [-0.05, 0) is 30.9 Å². The van der Waals surface area contributed by atoms with Crippen LogP contribution in [0.5, 0.6) is 0 Å². The van der Waals surface area contributed by atoms with Gasteiger partial charge in [0, 0.05) is 44.4 Å². The number of aryl methyl sites for hydroxylation is 1. The maximum atomic E-state index is 11.2. The van der Waals surface area contributed by atoms with E-state index in [9.17, 15) is 9.90 Å². The molecule has 0 bridgehead atoms. The molecule has 7 heteroatoms. The van der Waals surface area contributed by atoms with E-state index >= 15 is 0 Å². The maximum absolute atomic E-state index is 11.2. The summed E-state index contributed by atoms with van der Waals surface area (Å²) in [5.74, 6) is 0.375. The molecule has 1 amide bonds. The largest absolute Gasteiger partial charge is 0.385 e. The molecular formula is C16H21N5O2. The number of carbonyl (C=O) groups excluding carboxylic acids is 1. The smallest absolute Gasteiger partial charge is 0.267 e. The highest BCUT2D eigenvalue weighted by Gasteiger charge is 2.28. The number of rotatable bonds is 4. The molecule has 0 aliphatic carbocycles. The molecule has 7 nitrogen and oxygen atoms in total. The van der Waals surface area contributed by atoms with Crippen molar-refractivity contribution in [1.29, 1.82) is 0 Å². The van der Waals surface area contributed by atoms with E-state index < -0.39 is 12.0 Å². The Labute approximate surface area is 134 Å². The highest BCUT2D eigenvalue weighted by Crippen LogP contribution is 2.31. The third kappa shape index (κ3) is 3.19. The molecule has 1 atom stereocenters. The van der Waals surface area contributed by atoms with E-state index in [1.807, 2.05) is 23.9 Å². The van der Waals surface area contributed by atoms with Crippen LogP contribution in [0.4, 0.5) is 5.69 Å². The van der Waals surface area contributed by atoms with Crippen LogP contribution in [0.25, 0.3) is 0 Å². The van der Waals surface area contributed by atoms with E-state index in [4.69, 9.17) is 5.73 Å². The lowest BCUT2D eigenvalue weighted by atomic mass is 9.90. The number of piperidine rings is 1. The first-order chi connectivity index (χ1) is 11.1. The van der Waals surface area contributed by atoms with Crippen LogP contribution in [0, 0.1) is 5.92 Å². The van der Waals surface area contributed by atoms with Gasteiger partial charge in [0.25, 0.3) is 5.91 Å². The van der Waals surface area contributed by atoms with Crippen molar-refractivity contribution in [3.8, 4) is 0 Å². The van der Waals surface area contributed by atoms with Gasteiger partial charge in [-0.1, -0.05) is 0 Å². The molecule has 3 N–H and O–H groups in total. The van der Waals surface area contributed by atoms with Gasteiger partial charge in [0.1, 0.15) is 17.6 Å². The van der Waals surface area contributed by atoms with Crippen LogP contribution in [0.2, 0.25) is 0 Å². The molecule has 1 aliphatic heterocycles. The summed E-state index contributed by atoms with van der Waals surface area (Å²) >= 11 is 0. The highest BCUT2D eigenvalue weighted by molar-refractivity contribution is 5.91. The summed E-state index contributed by atoms with van der Waals surface area (Å²) in [5, 5.41) is 10.5. The van der Waals surface area contributed by atoms with E-state index in [0.717, 1.165) is 31.6 Å². The number of aromatic nitrogens is 3. The minimum atomic E-state index is -0.546. The van der Waals surface area contributed by atoms with Gasteiger partial charge in [-0.2, -0.15) is 0 Å². The van der Waals surface area contributed by atoms with Gasteiger partial charge >= 0.3 is 0 Å². The van der Waals surface area contributed by atoms with E-state index in [2.05, 4.69) is 14.9 Å². The fraction of sp³-hybridized carbons (Fsp3) is 0.438. The minimum absolute atomic E-state index is 0.185. The Balaban J connectivity index is 1.65. The third-order valence-electron chi connectivity index (χ3n) is 4.47. The van der Waals surface area contributed by atoms with Crippen molar-refractivity contribution in [2.75, 3.05) is 18.0 Å². The number of hydrogen-bond acceptors (Lipinski definition) is 5. The van der Waals surface area contributed by atoms with Crippen molar-refractivity contribution in [1.82, 2.24) is 14.5 Å². The summed E-state index contributed by atoms with van der Waals surface area (Å²) in [6, 6.07) is 3.60. The quantitative estimate of drug-likeness (QED) is 0.872. The molecule has 2 aromatic heterocycles. The van der Waals surface area contributed by atoms with Gasteiger partial charge in [-0.15, -0.1) is 0 Å². The zero-order chi connectivity index (χ0) is 16.4. The van der Waals surface area contributed by atoms with Crippen molar-refractivity contribution in [2.24, 2.45) is 18.7 Å². The lowest BCUT2D eigenvalue weighted by Crippen LogP contribution is -2.36. The molecule has 122 valence electrons. The predicted molar refractivity (Wildman–Crippen MR) is 85.9 cm³/mol. The molecule has 0 aromatic carbocycles. The number of nitrogens with two attached hydrogens (primary N) is 1. The summed E-state index contributed by atoms with van der Waals surface area (Å²) in [4.78, 5) is 21.6. The van der Waals surface area contributed by atoms with Crippen molar-refractivity contribution < 1.29 is 9.90 Å². The predicted octanol–water partition coefficient (Wildman–Crippen LogP) is 0.864. The number of aliphatic hydroxyl groups excluding tert-OH is 1. The summed E-state index contributed by atoms with van der Waals surface area (Å²) in [7, 11) is 1.89. The third-order valence-corrected chi connectivity index (χ3v) is 4.47. The molecule has 1 unspecified atom stereocenters. The first-order valence-electron chi connectivity index (χ1n) is 7.72. The van der Waals surface area contributed by atoms with Crippen LogP contribution in [-0.4, -0.2) is 38.6 Å². The van der Waals surface area contributed by atoms with Gasteiger partial charge in [-0.25, -0.2) is 4.98 Å². The van der Waals surface area contributed by atoms with Gasteiger partial charge in [0.05, 0.1) is 0 Å². The van der Waals surface area contributed by atoms with Crippen LogP contribution >= 0.6 is 0 Å². The summed E-state index contributed by atoms with van der Waals surface area (Å²) in [5.41, 5.74) is 6.50. The normalized spacial score (nSPS) is 17.2. The Bertz CT molecular complexity index is 691. The number of anilines is 1. The Morgan fingerprint density at radius 1 is 1.35 bits per heavy atom. The number of hydrogen-bond donors (Lipinski definition) is 2. The number of imidazole rings is 1. The highest BCUT2D eigenvalue weighted by atomic mass is 16.3. The Morgan fingerprint density at radius 3 is 2.70 bits per heavy atom. The molecular weight excluding hydrogens is 294 g/mol. The summed E-state index contributed by atoms with van der Waals surface area (Å²) < 4.78 is 1.86. The fourth-order valence-electron chi connectivity index (χ4n) is 3.10. The Morgan fingerprint density at radius 2 is 2.09 bits per heavy atom. The minimum Gasteiger partial charge on any atom is -0.385 e. The first kappa shape index (κ1) is 15.5. The van der Waals surface area contributed by atoms with Crippen molar-refractivity contribution >= 4 is 11.6 Å². The molecule has 3 rings (SSSR count). The van der Waals surface area contributed by atoms with E-state index in [1.54, 1.807) is 18.5 Å². The molecule has 0 spiro atoms. The lowest BCUT2D eigenvalue weighted by molar-refractivity contribution is 0.0825. The van der Waals surface area contributed by atoms with Crippen LogP contribution in [0.3, 0.4) is 0 Å². The summed E-state index contributed by atoms with van der Waals surface area (Å²) in [6.07, 6.45) is 6.33. The van der Waals surface area contributed by atoms with Gasteiger partial charge in [-0.3, -0.25) is 9.78 Å². The Kier molecular flexibility index (Phi) is 4.29. The zero-order valence-electron chi connectivity index (χ0n) is 13.1. The molecule has 2 aromatic rings. The monoisotopic (exact) mass is 315 g/mol. The van der Waals surface area contributed by atoms with Crippen molar-refractivity contribution in [3.63, 3.8) is 0 Å². The van der Waals surface area contributed by atoms with Crippen LogP contribution in [0.1, 0.15) is 35.3 Å². The molecule has 0 saturated carbocycles. The first-order valence-corrected chi connectivity index (χ1v) is 7.72.